The Bertz CT molecular complexity index is 752. The van der Waals surface area contributed by atoms with Crippen molar-refractivity contribution >= 4 is 28.1 Å². The zero-order valence-electron chi connectivity index (χ0n) is 13.1. The van der Waals surface area contributed by atoms with Crippen molar-refractivity contribution in [3.63, 3.8) is 0 Å². The predicted molar refractivity (Wildman–Crippen MR) is 89.4 cm³/mol. The lowest BCUT2D eigenvalue weighted by atomic mass is 10.0. The minimum Gasteiger partial charge on any atom is -0.476 e. The SMILES string of the molecule is CCN1C(=O)C(C)(C)Oc2ccc(-c3nc(N)sc3C)cc21. The molecule has 0 saturated heterocycles. The topological polar surface area (TPSA) is 68.5 Å². The minimum atomic E-state index is -0.842. The highest BCUT2D eigenvalue weighted by molar-refractivity contribution is 7.15. The first-order valence-electron chi connectivity index (χ1n) is 7.22. The van der Waals surface area contributed by atoms with Crippen LogP contribution in [0.15, 0.2) is 18.2 Å². The molecule has 6 heteroatoms. The van der Waals surface area contributed by atoms with Gasteiger partial charge in [0.05, 0.1) is 11.4 Å². The zero-order valence-corrected chi connectivity index (χ0v) is 14.0. The summed E-state index contributed by atoms with van der Waals surface area (Å²) in [5.41, 5.74) is 7.53. The summed E-state index contributed by atoms with van der Waals surface area (Å²) in [4.78, 5) is 19.7. The van der Waals surface area contributed by atoms with Crippen LogP contribution in [0.1, 0.15) is 25.6 Å². The molecule has 2 N–H and O–H groups in total. The molecule has 1 aliphatic rings. The van der Waals surface area contributed by atoms with Crippen molar-refractivity contribution in [3.05, 3.63) is 23.1 Å². The van der Waals surface area contributed by atoms with Crippen molar-refractivity contribution < 1.29 is 9.53 Å². The summed E-state index contributed by atoms with van der Waals surface area (Å²) in [5, 5.41) is 0.547. The fraction of sp³-hybridized carbons (Fsp3) is 0.375. The number of fused-ring (bicyclic) bond motifs is 1. The summed E-state index contributed by atoms with van der Waals surface area (Å²) >= 11 is 1.46. The van der Waals surface area contributed by atoms with E-state index in [0.717, 1.165) is 27.6 Å². The van der Waals surface area contributed by atoms with Gasteiger partial charge in [-0.25, -0.2) is 4.98 Å². The molecule has 2 aromatic rings. The summed E-state index contributed by atoms with van der Waals surface area (Å²) in [6.45, 7) is 8.13. The highest BCUT2D eigenvalue weighted by Crippen LogP contribution is 2.41. The Kier molecular flexibility index (Phi) is 3.36. The average Bonchev–Trinajstić information content (AvgIpc) is 2.78. The van der Waals surface area contributed by atoms with E-state index < -0.39 is 5.60 Å². The van der Waals surface area contributed by atoms with Crippen LogP contribution in [0.25, 0.3) is 11.3 Å². The third-order valence-corrected chi connectivity index (χ3v) is 4.58. The number of nitrogens with zero attached hydrogens (tertiary/aromatic N) is 2. The van der Waals surface area contributed by atoms with Crippen LogP contribution in [0.4, 0.5) is 10.8 Å². The fourth-order valence-corrected chi connectivity index (χ4v) is 3.42. The van der Waals surface area contributed by atoms with Crippen molar-refractivity contribution in [2.45, 2.75) is 33.3 Å². The van der Waals surface area contributed by atoms with Gasteiger partial charge in [0.2, 0.25) is 0 Å². The van der Waals surface area contributed by atoms with E-state index >= 15 is 0 Å². The summed E-state index contributed by atoms with van der Waals surface area (Å²) in [6, 6.07) is 5.81. The first-order valence-corrected chi connectivity index (χ1v) is 8.03. The molecule has 5 nitrogen and oxygen atoms in total. The molecule has 1 aliphatic heterocycles. The van der Waals surface area contributed by atoms with Crippen LogP contribution in [0.3, 0.4) is 0 Å². The van der Waals surface area contributed by atoms with Gasteiger partial charge in [0.15, 0.2) is 10.7 Å². The van der Waals surface area contributed by atoms with Gasteiger partial charge in [0.25, 0.3) is 5.91 Å². The second-order valence-electron chi connectivity index (χ2n) is 5.80. The molecule has 0 bridgehead atoms. The molecule has 2 heterocycles. The number of amides is 1. The Hall–Kier alpha value is -2.08. The van der Waals surface area contributed by atoms with Gasteiger partial charge in [-0.05, 0) is 45.9 Å². The summed E-state index contributed by atoms with van der Waals surface area (Å²) in [6.07, 6.45) is 0. The van der Waals surface area contributed by atoms with Crippen molar-refractivity contribution in [1.29, 1.82) is 0 Å². The maximum atomic E-state index is 12.5. The molecular weight excluding hydrogens is 298 g/mol. The van der Waals surface area contributed by atoms with E-state index in [4.69, 9.17) is 10.5 Å². The third-order valence-electron chi connectivity index (χ3n) is 3.78. The number of nitrogens with two attached hydrogens (primary N) is 1. The molecule has 0 fully saturated rings. The Morgan fingerprint density at radius 3 is 2.73 bits per heavy atom. The Morgan fingerprint density at radius 1 is 1.41 bits per heavy atom. The summed E-state index contributed by atoms with van der Waals surface area (Å²) < 4.78 is 5.86. The van der Waals surface area contributed by atoms with Crippen molar-refractivity contribution in [3.8, 4) is 17.0 Å². The smallest absolute Gasteiger partial charge is 0.270 e. The van der Waals surface area contributed by atoms with Crippen molar-refractivity contribution in [1.82, 2.24) is 4.98 Å². The second-order valence-corrected chi connectivity index (χ2v) is 7.04. The first-order chi connectivity index (χ1) is 10.3. The summed E-state index contributed by atoms with van der Waals surface area (Å²) in [5.74, 6) is 0.685. The normalized spacial score (nSPS) is 16.4. The highest BCUT2D eigenvalue weighted by Gasteiger charge is 2.40. The van der Waals surface area contributed by atoms with Crippen LogP contribution in [-0.2, 0) is 4.79 Å². The lowest BCUT2D eigenvalue weighted by Gasteiger charge is -2.38. The van der Waals surface area contributed by atoms with Crippen LogP contribution in [0.5, 0.6) is 5.75 Å². The molecule has 0 atom stereocenters. The number of hydrogen-bond acceptors (Lipinski definition) is 5. The maximum Gasteiger partial charge on any atom is 0.270 e. The number of benzene rings is 1. The Labute approximate surface area is 133 Å². The largest absolute Gasteiger partial charge is 0.476 e. The van der Waals surface area contributed by atoms with Crippen LogP contribution in [0.2, 0.25) is 0 Å². The van der Waals surface area contributed by atoms with Crippen LogP contribution >= 0.6 is 11.3 Å². The third kappa shape index (κ3) is 2.23. The first kappa shape index (κ1) is 14.8. The van der Waals surface area contributed by atoms with Gasteiger partial charge in [0.1, 0.15) is 5.75 Å². The van der Waals surface area contributed by atoms with Gasteiger partial charge in [-0.2, -0.15) is 0 Å². The van der Waals surface area contributed by atoms with E-state index in [-0.39, 0.29) is 5.91 Å². The van der Waals surface area contributed by atoms with Gasteiger partial charge < -0.3 is 15.4 Å². The van der Waals surface area contributed by atoms with Crippen molar-refractivity contribution in [2.24, 2.45) is 0 Å². The Morgan fingerprint density at radius 2 is 2.14 bits per heavy atom. The number of likely N-dealkylation sites (N-methyl/N-ethyl adjacent to an activating group) is 1. The molecule has 1 aromatic heterocycles. The van der Waals surface area contributed by atoms with Crippen LogP contribution < -0.4 is 15.4 Å². The fourth-order valence-electron chi connectivity index (χ4n) is 2.71. The van der Waals surface area contributed by atoms with Gasteiger partial charge in [-0.1, -0.05) is 0 Å². The number of carbonyl (C=O) groups is 1. The number of aromatic nitrogens is 1. The number of carbonyl (C=O) groups excluding carboxylic acids is 1. The van der Waals surface area contributed by atoms with Gasteiger partial charge in [-0.3, -0.25) is 4.79 Å². The molecule has 0 spiro atoms. The van der Waals surface area contributed by atoms with E-state index in [1.807, 2.05) is 32.0 Å². The lowest BCUT2D eigenvalue weighted by molar-refractivity contribution is -0.132. The molecule has 1 amide bonds. The van der Waals surface area contributed by atoms with Crippen LogP contribution in [-0.4, -0.2) is 23.0 Å². The average molecular weight is 317 g/mol. The van der Waals surface area contributed by atoms with E-state index in [9.17, 15) is 4.79 Å². The quantitative estimate of drug-likeness (QED) is 0.923. The molecule has 22 heavy (non-hydrogen) atoms. The zero-order chi connectivity index (χ0) is 16.1. The van der Waals surface area contributed by atoms with Gasteiger partial charge in [-0.15, -0.1) is 11.3 Å². The number of nitrogen functional groups attached to an aromatic ring is 1. The minimum absolute atomic E-state index is 0.0332. The molecule has 0 saturated carbocycles. The molecule has 3 rings (SSSR count). The Balaban J connectivity index is 2.12. The van der Waals surface area contributed by atoms with E-state index in [1.54, 1.807) is 18.7 Å². The predicted octanol–water partition coefficient (Wildman–Crippen LogP) is 3.22. The number of ether oxygens (including phenoxy) is 1. The van der Waals surface area contributed by atoms with E-state index in [1.165, 1.54) is 11.3 Å². The van der Waals surface area contributed by atoms with E-state index in [0.29, 0.717) is 11.7 Å². The van der Waals surface area contributed by atoms with E-state index in [2.05, 4.69) is 4.98 Å². The molecule has 1 aromatic carbocycles. The standard InChI is InChI=1S/C16H19N3O2S/c1-5-19-11-8-10(13-9(2)22-15(17)18-13)6-7-12(11)21-16(3,4)14(19)20/h6-8H,5H2,1-4H3,(H2,17,18). The lowest BCUT2D eigenvalue weighted by Crippen LogP contribution is -2.52. The molecule has 0 aliphatic carbocycles. The summed E-state index contributed by atoms with van der Waals surface area (Å²) in [7, 11) is 0. The molecule has 0 radical (unpaired) electrons. The highest BCUT2D eigenvalue weighted by atomic mass is 32.1. The van der Waals surface area contributed by atoms with Crippen LogP contribution in [0, 0.1) is 6.92 Å². The number of hydrogen-bond donors (Lipinski definition) is 1. The maximum absolute atomic E-state index is 12.5. The monoisotopic (exact) mass is 317 g/mol. The van der Waals surface area contributed by atoms with Crippen molar-refractivity contribution in [2.75, 3.05) is 17.2 Å². The molecule has 116 valence electrons. The van der Waals surface area contributed by atoms with Gasteiger partial charge >= 0.3 is 0 Å². The number of thiazole rings is 1. The second kappa shape index (κ2) is 4.98. The molecular formula is C16H19N3O2S. The number of rotatable bonds is 2. The number of aryl methyl sites for hydroxylation is 1. The van der Waals surface area contributed by atoms with Gasteiger partial charge in [0, 0.05) is 17.0 Å². The number of anilines is 2. The molecule has 0 unspecified atom stereocenters.